The molecule has 0 spiro atoms. The van der Waals surface area contributed by atoms with Gasteiger partial charge in [-0.2, -0.15) is 0 Å². The molecule has 2 rings (SSSR count). The van der Waals surface area contributed by atoms with E-state index < -0.39 is 8.32 Å². The zero-order valence-corrected chi connectivity index (χ0v) is 16.6. The Kier molecular flexibility index (Phi) is 6.54. The predicted octanol–water partition coefficient (Wildman–Crippen LogP) is 5.70. The molecule has 128 valence electrons. The molecule has 2 aromatic carbocycles. The molecule has 5 heteroatoms. The number of rotatable bonds is 7. The summed E-state index contributed by atoms with van der Waals surface area (Å²) in [5.74, 6) is 1.70. The normalized spacial score (nSPS) is 12.1. The fraction of sp³-hybridized carbons (Fsp3) is 0.263. The van der Waals surface area contributed by atoms with Gasteiger partial charge in [0, 0.05) is 16.9 Å². The lowest BCUT2D eigenvalue weighted by molar-refractivity contribution is 0.414. The molecule has 0 aliphatic heterocycles. The Morgan fingerprint density at radius 1 is 0.833 bits per heavy atom. The minimum atomic E-state index is -1.63. The maximum atomic E-state index is 6.05. The first kappa shape index (κ1) is 18.6. The standard InChI is InChI=1S/C19H24O3SSi/c1-20-17-10-6-15(7-11-17)14-19(23-22-24(3,4)5)16-8-12-18(21-2)13-9-16/h6-14H,1-5H3/b19-14+. The number of benzene rings is 2. The van der Waals surface area contributed by atoms with Crippen LogP contribution in [0.1, 0.15) is 11.1 Å². The molecule has 0 radical (unpaired) electrons. The lowest BCUT2D eigenvalue weighted by atomic mass is 10.1. The highest BCUT2D eigenvalue weighted by atomic mass is 32.2. The van der Waals surface area contributed by atoms with Crippen molar-refractivity contribution in [2.45, 2.75) is 19.6 Å². The van der Waals surface area contributed by atoms with Crippen LogP contribution in [-0.4, -0.2) is 22.5 Å². The number of hydrogen-bond donors (Lipinski definition) is 0. The third kappa shape index (κ3) is 5.74. The van der Waals surface area contributed by atoms with Crippen LogP contribution in [-0.2, 0) is 3.87 Å². The van der Waals surface area contributed by atoms with Gasteiger partial charge in [0.15, 0.2) is 0 Å². The summed E-state index contributed by atoms with van der Waals surface area (Å²) in [6.07, 6.45) is 2.13. The van der Waals surface area contributed by atoms with Crippen molar-refractivity contribution >= 4 is 31.3 Å². The maximum absolute atomic E-state index is 6.05. The molecular weight excluding hydrogens is 336 g/mol. The molecule has 3 nitrogen and oxygen atoms in total. The van der Waals surface area contributed by atoms with E-state index in [1.807, 2.05) is 36.4 Å². The van der Waals surface area contributed by atoms with Crippen molar-refractivity contribution < 1.29 is 13.3 Å². The Hall–Kier alpha value is -1.69. The van der Waals surface area contributed by atoms with E-state index in [2.05, 4.69) is 37.8 Å². The largest absolute Gasteiger partial charge is 0.497 e. The molecule has 0 bridgehead atoms. The molecular formula is C19H24O3SSi. The van der Waals surface area contributed by atoms with Gasteiger partial charge in [0.25, 0.3) is 0 Å². The Balaban J connectivity index is 2.30. The number of ether oxygens (including phenoxy) is 2. The second-order valence-corrected chi connectivity index (χ2v) is 11.8. The molecule has 0 saturated heterocycles. The minimum absolute atomic E-state index is 0.846. The molecule has 0 heterocycles. The van der Waals surface area contributed by atoms with E-state index >= 15 is 0 Å². The van der Waals surface area contributed by atoms with Crippen molar-refractivity contribution in [2.24, 2.45) is 0 Å². The van der Waals surface area contributed by atoms with Gasteiger partial charge in [0.1, 0.15) is 11.5 Å². The Labute approximate surface area is 150 Å². The topological polar surface area (TPSA) is 27.7 Å². The first-order chi connectivity index (χ1) is 11.4. The molecule has 0 amide bonds. The van der Waals surface area contributed by atoms with Gasteiger partial charge in [-0.25, -0.2) is 0 Å². The van der Waals surface area contributed by atoms with Crippen LogP contribution < -0.4 is 9.47 Å². The number of methoxy groups -OCH3 is 2. The van der Waals surface area contributed by atoms with Gasteiger partial charge in [-0.1, -0.05) is 24.3 Å². The monoisotopic (exact) mass is 360 g/mol. The third-order valence-corrected chi connectivity index (χ3v) is 6.04. The van der Waals surface area contributed by atoms with Crippen LogP contribution in [0.15, 0.2) is 48.5 Å². The zero-order valence-electron chi connectivity index (χ0n) is 14.8. The molecule has 0 saturated carbocycles. The van der Waals surface area contributed by atoms with Gasteiger partial charge in [-0.3, -0.25) is 0 Å². The third-order valence-electron chi connectivity index (χ3n) is 3.17. The molecule has 0 aliphatic carbocycles. The van der Waals surface area contributed by atoms with Crippen molar-refractivity contribution in [3.8, 4) is 11.5 Å². The summed E-state index contributed by atoms with van der Waals surface area (Å²) in [7, 11) is 1.72. The van der Waals surface area contributed by atoms with E-state index in [9.17, 15) is 0 Å². The quantitative estimate of drug-likeness (QED) is 0.359. The molecule has 0 N–H and O–H groups in total. The minimum Gasteiger partial charge on any atom is -0.497 e. The summed E-state index contributed by atoms with van der Waals surface area (Å²) in [6, 6.07) is 16.0. The van der Waals surface area contributed by atoms with E-state index in [0.29, 0.717) is 0 Å². The average Bonchev–Trinajstić information content (AvgIpc) is 2.58. The fourth-order valence-electron chi connectivity index (χ4n) is 1.93. The highest BCUT2D eigenvalue weighted by molar-refractivity contribution is 8.05. The van der Waals surface area contributed by atoms with Gasteiger partial charge in [0.2, 0.25) is 8.32 Å². The van der Waals surface area contributed by atoms with Crippen LogP contribution in [0.4, 0.5) is 0 Å². The van der Waals surface area contributed by atoms with Crippen molar-refractivity contribution in [2.75, 3.05) is 14.2 Å². The molecule has 0 fully saturated rings. The molecule has 24 heavy (non-hydrogen) atoms. The van der Waals surface area contributed by atoms with E-state index in [-0.39, 0.29) is 0 Å². The van der Waals surface area contributed by atoms with Crippen LogP contribution in [0.3, 0.4) is 0 Å². The second kappa shape index (κ2) is 8.42. The van der Waals surface area contributed by atoms with Crippen molar-refractivity contribution in [3.63, 3.8) is 0 Å². The molecule has 2 aromatic rings. The summed E-state index contributed by atoms with van der Waals surface area (Å²) in [6.45, 7) is 6.54. The van der Waals surface area contributed by atoms with Gasteiger partial charge in [-0.05, 0) is 61.1 Å². The maximum Gasteiger partial charge on any atom is 0.202 e. The zero-order chi connectivity index (χ0) is 17.6. The summed E-state index contributed by atoms with van der Waals surface area (Å²) >= 11 is 1.45. The molecule has 0 aromatic heterocycles. The highest BCUT2D eigenvalue weighted by Gasteiger charge is 2.17. The Morgan fingerprint density at radius 2 is 1.33 bits per heavy atom. The van der Waals surface area contributed by atoms with Gasteiger partial charge in [0.05, 0.1) is 14.2 Å². The van der Waals surface area contributed by atoms with E-state index in [1.165, 1.54) is 12.0 Å². The van der Waals surface area contributed by atoms with Gasteiger partial charge >= 0.3 is 0 Å². The first-order valence-corrected chi connectivity index (χ1v) is 11.9. The second-order valence-electron chi connectivity index (χ2n) is 6.29. The summed E-state index contributed by atoms with van der Waals surface area (Å²) < 4.78 is 16.5. The lowest BCUT2D eigenvalue weighted by Crippen LogP contribution is -2.21. The van der Waals surface area contributed by atoms with E-state index in [4.69, 9.17) is 13.3 Å². The lowest BCUT2D eigenvalue weighted by Gasteiger charge is -2.17. The van der Waals surface area contributed by atoms with E-state index in [1.54, 1.807) is 14.2 Å². The van der Waals surface area contributed by atoms with Crippen LogP contribution in [0.5, 0.6) is 11.5 Å². The van der Waals surface area contributed by atoms with Crippen molar-refractivity contribution in [1.82, 2.24) is 0 Å². The van der Waals surface area contributed by atoms with Gasteiger partial charge < -0.3 is 13.3 Å². The predicted molar refractivity (Wildman–Crippen MR) is 106 cm³/mol. The summed E-state index contributed by atoms with van der Waals surface area (Å²) in [5.41, 5.74) is 2.21. The fourth-order valence-corrected chi connectivity index (χ4v) is 3.71. The van der Waals surface area contributed by atoms with Crippen LogP contribution >= 0.6 is 12.0 Å². The molecule has 0 atom stereocenters. The Bertz CT molecular complexity index is 673. The average molecular weight is 361 g/mol. The molecule has 0 unspecified atom stereocenters. The summed E-state index contributed by atoms with van der Waals surface area (Å²) in [4.78, 5) is 1.07. The smallest absolute Gasteiger partial charge is 0.202 e. The van der Waals surface area contributed by atoms with Crippen LogP contribution in [0.2, 0.25) is 19.6 Å². The SMILES string of the molecule is COc1ccc(/C=C(/SO[Si](C)(C)C)c2ccc(OC)cc2)cc1. The van der Waals surface area contributed by atoms with E-state index in [0.717, 1.165) is 27.5 Å². The van der Waals surface area contributed by atoms with Crippen molar-refractivity contribution in [3.05, 3.63) is 59.7 Å². The first-order valence-electron chi connectivity index (χ1n) is 7.77. The Morgan fingerprint density at radius 3 is 1.79 bits per heavy atom. The van der Waals surface area contributed by atoms with Crippen LogP contribution in [0.25, 0.3) is 11.0 Å². The number of hydrogen-bond acceptors (Lipinski definition) is 4. The van der Waals surface area contributed by atoms with Crippen molar-refractivity contribution in [1.29, 1.82) is 0 Å². The van der Waals surface area contributed by atoms with Crippen LogP contribution in [0, 0.1) is 0 Å². The van der Waals surface area contributed by atoms with Gasteiger partial charge in [-0.15, -0.1) is 0 Å². The summed E-state index contributed by atoms with van der Waals surface area (Å²) in [5, 5.41) is 0. The molecule has 0 aliphatic rings. The highest BCUT2D eigenvalue weighted by Crippen LogP contribution is 2.34.